The molecule has 0 saturated carbocycles. The summed E-state index contributed by atoms with van der Waals surface area (Å²) in [6.07, 6.45) is -0.498. The van der Waals surface area contributed by atoms with Crippen LogP contribution in [0.5, 0.6) is 0 Å². The molecule has 4 N–H and O–H groups in total. The van der Waals surface area contributed by atoms with Crippen molar-refractivity contribution in [1.82, 2.24) is 5.32 Å². The van der Waals surface area contributed by atoms with E-state index in [-0.39, 0.29) is 12.5 Å². The second kappa shape index (κ2) is 10.5. The van der Waals surface area contributed by atoms with Crippen molar-refractivity contribution in [2.45, 2.75) is 13.2 Å². The standard InChI is InChI=1S/C26H23N3O3S/c27-22-13-12-21(24-7-4-14-33-24)15-23(22)29-25(30)20-10-8-19(9-11-20)17-32-26(31)28-16-18-5-2-1-3-6-18/h1-15H,16-17,27H2,(H,28,31)(H,29,30). The Kier molecular flexibility index (Phi) is 7.02. The Morgan fingerprint density at radius 1 is 0.879 bits per heavy atom. The minimum atomic E-state index is -0.498. The van der Waals surface area contributed by atoms with Gasteiger partial charge in [0.25, 0.3) is 5.91 Å². The van der Waals surface area contributed by atoms with Crippen molar-refractivity contribution in [1.29, 1.82) is 0 Å². The summed E-state index contributed by atoms with van der Waals surface area (Å²) >= 11 is 1.62. The Hall–Kier alpha value is -4.10. The van der Waals surface area contributed by atoms with Gasteiger partial charge in [0, 0.05) is 17.0 Å². The van der Waals surface area contributed by atoms with Crippen molar-refractivity contribution in [3.63, 3.8) is 0 Å². The van der Waals surface area contributed by atoms with Gasteiger partial charge < -0.3 is 21.1 Å². The molecule has 0 aliphatic rings. The molecule has 0 aliphatic carbocycles. The Morgan fingerprint density at radius 3 is 2.39 bits per heavy atom. The molecule has 4 aromatic rings. The van der Waals surface area contributed by atoms with Crippen molar-refractivity contribution in [2.24, 2.45) is 0 Å². The van der Waals surface area contributed by atoms with Gasteiger partial charge in [-0.05, 0) is 52.4 Å². The van der Waals surface area contributed by atoms with E-state index >= 15 is 0 Å². The molecule has 0 atom stereocenters. The molecule has 0 radical (unpaired) electrons. The molecule has 0 unspecified atom stereocenters. The molecule has 2 amide bonds. The third-order valence-electron chi connectivity index (χ3n) is 4.97. The van der Waals surface area contributed by atoms with Crippen molar-refractivity contribution in [3.05, 3.63) is 107 Å². The van der Waals surface area contributed by atoms with E-state index in [1.54, 1.807) is 41.7 Å². The number of amides is 2. The van der Waals surface area contributed by atoms with Crippen molar-refractivity contribution in [2.75, 3.05) is 11.1 Å². The summed E-state index contributed by atoms with van der Waals surface area (Å²) in [6.45, 7) is 0.508. The monoisotopic (exact) mass is 457 g/mol. The van der Waals surface area contributed by atoms with E-state index in [1.165, 1.54) is 0 Å². The molecule has 6 nitrogen and oxygen atoms in total. The van der Waals surface area contributed by atoms with Crippen LogP contribution in [0.2, 0.25) is 0 Å². The first kappa shape index (κ1) is 22.1. The lowest BCUT2D eigenvalue weighted by atomic mass is 10.1. The number of hydrogen-bond donors (Lipinski definition) is 3. The van der Waals surface area contributed by atoms with Gasteiger partial charge in [-0.3, -0.25) is 4.79 Å². The Balaban J connectivity index is 1.31. The number of nitrogen functional groups attached to an aromatic ring is 1. The van der Waals surface area contributed by atoms with E-state index in [0.717, 1.165) is 21.6 Å². The van der Waals surface area contributed by atoms with Crippen LogP contribution in [0.3, 0.4) is 0 Å². The number of nitrogens with two attached hydrogens (primary N) is 1. The highest BCUT2D eigenvalue weighted by molar-refractivity contribution is 7.13. The summed E-state index contributed by atoms with van der Waals surface area (Å²) in [5.74, 6) is -0.266. The molecule has 3 aromatic carbocycles. The van der Waals surface area contributed by atoms with Gasteiger partial charge in [0.05, 0.1) is 11.4 Å². The van der Waals surface area contributed by atoms with Crippen molar-refractivity contribution < 1.29 is 14.3 Å². The van der Waals surface area contributed by atoms with Gasteiger partial charge >= 0.3 is 6.09 Å². The van der Waals surface area contributed by atoms with E-state index in [4.69, 9.17) is 10.5 Å². The van der Waals surface area contributed by atoms with Gasteiger partial charge in [-0.1, -0.05) is 54.6 Å². The van der Waals surface area contributed by atoms with Crippen LogP contribution in [-0.4, -0.2) is 12.0 Å². The van der Waals surface area contributed by atoms with E-state index in [1.807, 2.05) is 60.0 Å². The number of rotatable bonds is 7. The first-order valence-corrected chi connectivity index (χ1v) is 11.2. The molecule has 33 heavy (non-hydrogen) atoms. The quantitative estimate of drug-likeness (QED) is 0.312. The molecular weight excluding hydrogens is 434 g/mol. The van der Waals surface area contributed by atoms with Crippen LogP contribution in [-0.2, 0) is 17.9 Å². The van der Waals surface area contributed by atoms with Gasteiger partial charge in [0.2, 0.25) is 0 Å². The van der Waals surface area contributed by atoms with E-state index in [2.05, 4.69) is 10.6 Å². The van der Waals surface area contributed by atoms with Crippen LogP contribution in [0.15, 0.2) is 90.3 Å². The molecule has 4 rings (SSSR count). The van der Waals surface area contributed by atoms with Gasteiger partial charge in [0.1, 0.15) is 6.61 Å². The highest BCUT2D eigenvalue weighted by atomic mass is 32.1. The third kappa shape index (κ3) is 5.99. The largest absolute Gasteiger partial charge is 0.445 e. The maximum absolute atomic E-state index is 12.7. The van der Waals surface area contributed by atoms with Crippen LogP contribution in [0.1, 0.15) is 21.5 Å². The average molecular weight is 458 g/mol. The number of thiophene rings is 1. The fourth-order valence-corrected chi connectivity index (χ4v) is 3.90. The number of carbonyl (C=O) groups is 2. The van der Waals surface area contributed by atoms with Crippen LogP contribution in [0.25, 0.3) is 10.4 Å². The number of carbonyl (C=O) groups excluding carboxylic acids is 2. The molecule has 0 spiro atoms. The Morgan fingerprint density at radius 2 is 1.67 bits per heavy atom. The zero-order valence-electron chi connectivity index (χ0n) is 17.8. The summed E-state index contributed by atoms with van der Waals surface area (Å²) in [5.41, 5.74) is 10.4. The number of benzene rings is 3. The molecule has 1 heterocycles. The maximum Gasteiger partial charge on any atom is 0.407 e. The summed E-state index contributed by atoms with van der Waals surface area (Å²) in [6, 6.07) is 26.1. The second-order valence-electron chi connectivity index (χ2n) is 7.35. The van der Waals surface area contributed by atoms with Gasteiger partial charge in [-0.15, -0.1) is 11.3 Å². The zero-order valence-corrected chi connectivity index (χ0v) is 18.6. The topological polar surface area (TPSA) is 93.4 Å². The predicted octanol–water partition coefficient (Wildman–Crippen LogP) is 5.68. The average Bonchev–Trinajstić information content (AvgIpc) is 3.39. The minimum Gasteiger partial charge on any atom is -0.445 e. The molecule has 166 valence electrons. The number of alkyl carbamates (subject to hydrolysis) is 1. The normalized spacial score (nSPS) is 10.4. The number of hydrogen-bond acceptors (Lipinski definition) is 5. The lowest BCUT2D eigenvalue weighted by Crippen LogP contribution is -2.23. The predicted molar refractivity (Wildman–Crippen MR) is 132 cm³/mol. The number of ether oxygens (including phenoxy) is 1. The minimum absolute atomic E-state index is 0.109. The first-order valence-electron chi connectivity index (χ1n) is 10.4. The van der Waals surface area contributed by atoms with Crippen molar-refractivity contribution in [3.8, 4) is 10.4 Å². The lowest BCUT2D eigenvalue weighted by Gasteiger charge is -2.11. The summed E-state index contributed by atoms with van der Waals surface area (Å²) in [5, 5.41) is 7.59. The summed E-state index contributed by atoms with van der Waals surface area (Å²) in [7, 11) is 0. The molecule has 0 aliphatic heterocycles. The van der Waals surface area contributed by atoms with E-state index < -0.39 is 6.09 Å². The second-order valence-corrected chi connectivity index (χ2v) is 8.29. The molecule has 7 heteroatoms. The Labute approximate surface area is 196 Å². The van der Waals surface area contributed by atoms with Crippen LogP contribution >= 0.6 is 11.3 Å². The maximum atomic E-state index is 12.7. The van der Waals surface area contributed by atoms with E-state index in [9.17, 15) is 9.59 Å². The number of anilines is 2. The third-order valence-corrected chi connectivity index (χ3v) is 5.89. The highest BCUT2D eigenvalue weighted by Crippen LogP contribution is 2.30. The highest BCUT2D eigenvalue weighted by Gasteiger charge is 2.11. The smallest absolute Gasteiger partial charge is 0.407 e. The van der Waals surface area contributed by atoms with Gasteiger partial charge in [-0.25, -0.2) is 4.79 Å². The molecule has 0 bridgehead atoms. The van der Waals surface area contributed by atoms with Crippen LogP contribution < -0.4 is 16.4 Å². The molecule has 1 aromatic heterocycles. The SMILES string of the molecule is Nc1ccc(-c2cccs2)cc1NC(=O)c1ccc(COC(=O)NCc2ccccc2)cc1. The molecule has 0 fully saturated rings. The van der Waals surface area contributed by atoms with Crippen LogP contribution in [0.4, 0.5) is 16.2 Å². The van der Waals surface area contributed by atoms with Gasteiger partial charge in [-0.2, -0.15) is 0 Å². The first-order chi connectivity index (χ1) is 16.1. The zero-order chi connectivity index (χ0) is 23.0. The fourth-order valence-electron chi connectivity index (χ4n) is 3.18. The fraction of sp³-hybridized carbons (Fsp3) is 0.0769. The van der Waals surface area contributed by atoms with E-state index in [0.29, 0.717) is 23.5 Å². The van der Waals surface area contributed by atoms with Gasteiger partial charge in [0.15, 0.2) is 0 Å². The van der Waals surface area contributed by atoms with Crippen molar-refractivity contribution >= 4 is 34.7 Å². The lowest BCUT2D eigenvalue weighted by molar-refractivity contribution is 0.102. The molecular formula is C26H23N3O3S. The Bertz CT molecular complexity index is 1220. The molecule has 0 saturated heterocycles. The summed E-state index contributed by atoms with van der Waals surface area (Å²) < 4.78 is 5.24. The summed E-state index contributed by atoms with van der Waals surface area (Å²) in [4.78, 5) is 25.7. The number of nitrogens with one attached hydrogen (secondary N) is 2. The van der Waals surface area contributed by atoms with Crippen LogP contribution in [0, 0.1) is 0 Å².